The Morgan fingerprint density at radius 2 is 2.29 bits per heavy atom. The maximum atomic E-state index is 11.4. The summed E-state index contributed by atoms with van der Waals surface area (Å²) in [5, 5.41) is 9.29. The minimum absolute atomic E-state index is 0.360. The average molecular weight is 228 g/mol. The van der Waals surface area contributed by atoms with Crippen molar-refractivity contribution in [2.45, 2.75) is 18.8 Å². The first kappa shape index (κ1) is 10.2. The third kappa shape index (κ3) is 1.19. The second-order valence-corrected chi connectivity index (χ2v) is 4.80. The first-order chi connectivity index (χ1) is 8.08. The number of aromatic nitrogens is 1. The highest BCUT2D eigenvalue weighted by Gasteiger charge is 2.53. The molecule has 1 heterocycles. The number of nitriles is 1. The Morgan fingerprint density at radius 1 is 1.59 bits per heavy atom. The fourth-order valence-electron chi connectivity index (χ4n) is 2.45. The number of fused-ring (bicyclic) bond motifs is 1. The van der Waals surface area contributed by atoms with Crippen molar-refractivity contribution < 1.29 is 4.42 Å². The van der Waals surface area contributed by atoms with Gasteiger partial charge in [-0.1, -0.05) is 13.0 Å². The van der Waals surface area contributed by atoms with Gasteiger partial charge in [0, 0.05) is 7.05 Å². The summed E-state index contributed by atoms with van der Waals surface area (Å²) in [6.07, 6.45) is 0.890. The molecule has 0 spiro atoms. The summed E-state index contributed by atoms with van der Waals surface area (Å²) >= 11 is 0. The predicted molar refractivity (Wildman–Crippen MR) is 62.5 cm³/mol. The molecule has 17 heavy (non-hydrogen) atoms. The van der Waals surface area contributed by atoms with E-state index >= 15 is 0 Å². The van der Waals surface area contributed by atoms with Crippen molar-refractivity contribution in [2.75, 3.05) is 0 Å². The third-order valence-corrected chi connectivity index (χ3v) is 3.82. The van der Waals surface area contributed by atoms with Crippen LogP contribution >= 0.6 is 0 Å². The van der Waals surface area contributed by atoms with E-state index in [1.54, 1.807) is 13.1 Å². The number of hydrogen-bond donors (Lipinski definition) is 0. The summed E-state index contributed by atoms with van der Waals surface area (Å²) in [6.45, 7) is 2.07. The van der Waals surface area contributed by atoms with Crippen LogP contribution in [0.15, 0.2) is 27.4 Å². The Morgan fingerprint density at radius 3 is 2.88 bits per heavy atom. The van der Waals surface area contributed by atoms with Crippen LogP contribution in [0.25, 0.3) is 11.1 Å². The van der Waals surface area contributed by atoms with Gasteiger partial charge in [0.15, 0.2) is 5.58 Å². The van der Waals surface area contributed by atoms with Gasteiger partial charge in [-0.15, -0.1) is 0 Å². The molecule has 0 saturated heterocycles. The maximum Gasteiger partial charge on any atom is 0.419 e. The van der Waals surface area contributed by atoms with E-state index in [1.165, 1.54) is 4.57 Å². The molecule has 2 unspecified atom stereocenters. The lowest BCUT2D eigenvalue weighted by atomic mass is 9.95. The van der Waals surface area contributed by atoms with Gasteiger partial charge in [-0.3, -0.25) is 4.57 Å². The molecule has 2 atom stereocenters. The average Bonchev–Trinajstić information content (AvgIpc) is 2.92. The lowest BCUT2D eigenvalue weighted by molar-refractivity contribution is 0.528. The van der Waals surface area contributed by atoms with Gasteiger partial charge in [0.2, 0.25) is 0 Å². The molecule has 1 aliphatic carbocycles. The zero-order valence-electron chi connectivity index (χ0n) is 9.73. The number of oxazole rings is 1. The lowest BCUT2D eigenvalue weighted by Crippen LogP contribution is -2.09. The molecule has 0 aliphatic heterocycles. The minimum atomic E-state index is -0.369. The van der Waals surface area contributed by atoms with Gasteiger partial charge in [0.1, 0.15) is 0 Å². The largest absolute Gasteiger partial charge is 0.419 e. The number of benzene rings is 1. The third-order valence-electron chi connectivity index (χ3n) is 3.82. The molecular formula is C13H12N2O2. The minimum Gasteiger partial charge on any atom is -0.408 e. The molecular weight excluding hydrogens is 216 g/mol. The van der Waals surface area contributed by atoms with Crippen LogP contribution in [0.2, 0.25) is 0 Å². The topological polar surface area (TPSA) is 58.9 Å². The van der Waals surface area contributed by atoms with Crippen LogP contribution in [0, 0.1) is 17.2 Å². The van der Waals surface area contributed by atoms with E-state index in [2.05, 4.69) is 13.0 Å². The normalized spacial score (nSPS) is 27.0. The lowest BCUT2D eigenvalue weighted by Gasteiger charge is -2.07. The molecule has 4 nitrogen and oxygen atoms in total. The second-order valence-electron chi connectivity index (χ2n) is 4.80. The highest BCUT2D eigenvalue weighted by atomic mass is 16.4. The van der Waals surface area contributed by atoms with Gasteiger partial charge < -0.3 is 4.42 Å². The molecule has 1 aromatic carbocycles. The zero-order chi connectivity index (χ0) is 12.2. The number of aryl methyl sites for hydroxylation is 1. The standard InChI is InChI=1S/C13H12N2O2/c1-8-6-13(8,7-14)9-3-4-11-10(5-9)15(2)12(16)17-11/h3-5,8H,6H2,1-2H3. The zero-order valence-corrected chi connectivity index (χ0v) is 9.73. The van der Waals surface area contributed by atoms with Crippen molar-refractivity contribution >= 4 is 11.1 Å². The molecule has 0 N–H and O–H groups in total. The summed E-state index contributed by atoms with van der Waals surface area (Å²) in [7, 11) is 1.67. The second kappa shape index (κ2) is 3.01. The molecule has 2 aromatic rings. The van der Waals surface area contributed by atoms with Gasteiger partial charge in [0.25, 0.3) is 0 Å². The maximum absolute atomic E-state index is 11.4. The highest BCUT2D eigenvalue weighted by Crippen LogP contribution is 2.53. The van der Waals surface area contributed by atoms with Crippen LogP contribution in [0.3, 0.4) is 0 Å². The van der Waals surface area contributed by atoms with E-state index in [1.807, 2.05) is 12.1 Å². The summed E-state index contributed by atoms with van der Waals surface area (Å²) in [4.78, 5) is 11.4. The molecule has 3 rings (SSSR count). The van der Waals surface area contributed by atoms with Crippen LogP contribution in [0.1, 0.15) is 18.9 Å². The molecule has 1 aromatic heterocycles. The Bertz CT molecular complexity index is 704. The number of nitrogens with zero attached hydrogens (tertiary/aromatic N) is 2. The molecule has 1 fully saturated rings. The molecule has 86 valence electrons. The summed E-state index contributed by atoms with van der Waals surface area (Å²) in [6, 6.07) is 7.95. The van der Waals surface area contributed by atoms with Crippen molar-refractivity contribution in [3.05, 3.63) is 34.3 Å². The van der Waals surface area contributed by atoms with Crippen LogP contribution in [0.4, 0.5) is 0 Å². The Labute approximate surface area is 98.1 Å². The van der Waals surface area contributed by atoms with Gasteiger partial charge in [0.05, 0.1) is 17.0 Å². The van der Waals surface area contributed by atoms with Crippen LogP contribution in [-0.2, 0) is 12.5 Å². The van der Waals surface area contributed by atoms with Crippen LogP contribution < -0.4 is 5.76 Å². The number of rotatable bonds is 1. The van der Waals surface area contributed by atoms with E-state index in [9.17, 15) is 10.1 Å². The van der Waals surface area contributed by atoms with Crippen LogP contribution in [0.5, 0.6) is 0 Å². The van der Waals surface area contributed by atoms with Gasteiger partial charge >= 0.3 is 5.76 Å². The van der Waals surface area contributed by atoms with E-state index in [4.69, 9.17) is 4.42 Å². The van der Waals surface area contributed by atoms with Crippen molar-refractivity contribution in [3.8, 4) is 6.07 Å². The quantitative estimate of drug-likeness (QED) is 0.749. The van der Waals surface area contributed by atoms with Gasteiger partial charge in [-0.05, 0) is 30.0 Å². The van der Waals surface area contributed by atoms with Gasteiger partial charge in [-0.2, -0.15) is 5.26 Å². The summed E-state index contributed by atoms with van der Waals surface area (Å²) < 4.78 is 6.54. The van der Waals surface area contributed by atoms with E-state index in [-0.39, 0.29) is 11.2 Å². The van der Waals surface area contributed by atoms with Gasteiger partial charge in [-0.25, -0.2) is 4.79 Å². The fourth-order valence-corrected chi connectivity index (χ4v) is 2.45. The smallest absolute Gasteiger partial charge is 0.408 e. The van der Waals surface area contributed by atoms with Crippen molar-refractivity contribution in [1.29, 1.82) is 5.26 Å². The highest BCUT2D eigenvalue weighted by molar-refractivity contribution is 5.74. The first-order valence-electron chi connectivity index (χ1n) is 5.60. The predicted octanol–water partition coefficient (Wildman–Crippen LogP) is 1.93. The first-order valence-corrected chi connectivity index (χ1v) is 5.60. The fraction of sp³-hybridized carbons (Fsp3) is 0.385. The molecule has 1 aliphatic rings. The molecule has 4 heteroatoms. The molecule has 0 amide bonds. The molecule has 0 bridgehead atoms. The SMILES string of the molecule is CC1CC1(C#N)c1ccc2oc(=O)n(C)c2c1. The molecule has 0 radical (unpaired) electrons. The van der Waals surface area contributed by atoms with E-state index in [0.717, 1.165) is 17.5 Å². The van der Waals surface area contributed by atoms with Crippen molar-refractivity contribution in [1.82, 2.24) is 4.57 Å². The van der Waals surface area contributed by atoms with Crippen LogP contribution in [-0.4, -0.2) is 4.57 Å². The number of hydrogen-bond acceptors (Lipinski definition) is 3. The molecule has 1 saturated carbocycles. The van der Waals surface area contributed by atoms with E-state index < -0.39 is 0 Å². The Kier molecular flexibility index (Phi) is 1.80. The van der Waals surface area contributed by atoms with Crippen molar-refractivity contribution in [3.63, 3.8) is 0 Å². The monoisotopic (exact) mass is 228 g/mol. The Hall–Kier alpha value is -2.02. The van der Waals surface area contributed by atoms with E-state index in [0.29, 0.717) is 11.5 Å². The Balaban J connectivity index is 2.24. The van der Waals surface area contributed by atoms with Crippen molar-refractivity contribution in [2.24, 2.45) is 13.0 Å². The summed E-state index contributed by atoms with van der Waals surface area (Å²) in [5.74, 6) is 0.0147. The summed E-state index contributed by atoms with van der Waals surface area (Å²) in [5.41, 5.74) is 1.95.